The lowest BCUT2D eigenvalue weighted by atomic mass is 10.1. The second-order valence-corrected chi connectivity index (χ2v) is 10.7. The first-order chi connectivity index (χ1) is 19.0. The molecule has 0 aliphatic carbocycles. The zero-order valence-electron chi connectivity index (χ0n) is 21.7. The van der Waals surface area contributed by atoms with E-state index in [1.54, 1.807) is 24.3 Å². The van der Waals surface area contributed by atoms with Crippen molar-refractivity contribution in [3.63, 3.8) is 0 Å². The highest BCUT2D eigenvalue weighted by Crippen LogP contribution is 2.35. The van der Waals surface area contributed by atoms with Crippen molar-refractivity contribution in [3.05, 3.63) is 96.3 Å². The summed E-state index contributed by atoms with van der Waals surface area (Å²) in [5.41, 5.74) is 3.89. The molecule has 0 saturated carbocycles. The van der Waals surface area contributed by atoms with E-state index in [1.165, 1.54) is 31.4 Å². The highest BCUT2D eigenvalue weighted by molar-refractivity contribution is 9.10. The van der Waals surface area contributed by atoms with Gasteiger partial charge in [-0.15, -0.1) is 0 Å². The fourth-order valence-electron chi connectivity index (χ4n) is 3.79. The average molecular weight is 626 g/mol. The fourth-order valence-corrected chi connectivity index (χ4v) is 5.19. The molecule has 12 heteroatoms. The van der Waals surface area contributed by atoms with Crippen molar-refractivity contribution in [3.8, 4) is 11.5 Å². The zero-order chi connectivity index (χ0) is 29.0. The van der Waals surface area contributed by atoms with Crippen LogP contribution in [0.15, 0.2) is 64.0 Å². The van der Waals surface area contributed by atoms with Crippen LogP contribution in [0, 0.1) is 24.0 Å². The van der Waals surface area contributed by atoms with Gasteiger partial charge in [-0.05, 0) is 94.1 Å². The summed E-state index contributed by atoms with van der Waals surface area (Å²) in [7, 11) is 1.45. The molecule has 3 aromatic carbocycles. The predicted molar refractivity (Wildman–Crippen MR) is 155 cm³/mol. The number of rotatable bonds is 9. The van der Waals surface area contributed by atoms with E-state index < -0.39 is 16.1 Å². The number of amides is 3. The van der Waals surface area contributed by atoms with Crippen molar-refractivity contribution in [2.24, 2.45) is 0 Å². The molecule has 1 saturated heterocycles. The molecule has 10 nitrogen and oxygen atoms in total. The third kappa shape index (κ3) is 6.69. The molecule has 3 amide bonds. The average Bonchev–Trinajstić information content (AvgIpc) is 3.18. The van der Waals surface area contributed by atoms with Gasteiger partial charge in [-0.25, -0.2) is 0 Å². The van der Waals surface area contributed by atoms with Crippen molar-refractivity contribution < 1.29 is 28.8 Å². The van der Waals surface area contributed by atoms with Crippen LogP contribution in [0.1, 0.15) is 22.3 Å². The van der Waals surface area contributed by atoms with Crippen LogP contribution < -0.4 is 14.8 Å². The van der Waals surface area contributed by atoms with Crippen molar-refractivity contribution in [1.29, 1.82) is 0 Å². The number of hydrogen-bond donors (Lipinski definition) is 1. The molecule has 206 valence electrons. The molecule has 3 aromatic rings. The number of non-ortho nitro benzene ring substituents is 1. The predicted octanol–water partition coefficient (Wildman–Crippen LogP) is 6.24. The number of anilines is 1. The Morgan fingerprint density at radius 3 is 2.45 bits per heavy atom. The number of carbonyl (C=O) groups is 3. The minimum absolute atomic E-state index is 0.00308. The third-order valence-corrected chi connectivity index (χ3v) is 7.63. The molecule has 0 atom stereocenters. The van der Waals surface area contributed by atoms with Gasteiger partial charge >= 0.3 is 0 Å². The standard InChI is InChI=1S/C28H24BrN3O7S/c1-16-10-21(29)22(11-17(16)2)30-26(33)15-39-23-9-6-19(12-24(23)38-3)13-25-27(34)31(28(35)40-25)14-18-4-7-20(8-5-18)32(36)37/h4-13H,14-15H2,1-3H3,(H,30,33)/b25-13-. The number of aryl methyl sites for hydroxylation is 2. The molecule has 0 bridgehead atoms. The first-order valence-electron chi connectivity index (χ1n) is 11.9. The minimum Gasteiger partial charge on any atom is -0.493 e. The summed E-state index contributed by atoms with van der Waals surface area (Å²) in [6.07, 6.45) is 1.57. The lowest BCUT2D eigenvalue weighted by Gasteiger charge is -2.13. The zero-order valence-corrected chi connectivity index (χ0v) is 24.1. The van der Waals surface area contributed by atoms with Gasteiger partial charge in [0.1, 0.15) is 0 Å². The van der Waals surface area contributed by atoms with Crippen molar-refractivity contribution in [2.75, 3.05) is 19.0 Å². The third-order valence-electron chi connectivity index (χ3n) is 6.06. The van der Waals surface area contributed by atoms with Gasteiger partial charge in [0, 0.05) is 16.6 Å². The number of ether oxygens (including phenoxy) is 2. The van der Waals surface area contributed by atoms with E-state index in [-0.39, 0.29) is 29.7 Å². The highest BCUT2D eigenvalue weighted by atomic mass is 79.9. The summed E-state index contributed by atoms with van der Waals surface area (Å²) in [6, 6.07) is 14.4. The minimum atomic E-state index is -0.517. The van der Waals surface area contributed by atoms with E-state index in [9.17, 15) is 24.5 Å². The molecule has 0 spiro atoms. The maximum Gasteiger partial charge on any atom is 0.293 e. The fraction of sp³-hybridized carbons (Fsp3) is 0.179. The summed E-state index contributed by atoms with van der Waals surface area (Å²) in [5, 5.41) is 13.2. The molecule has 1 heterocycles. The first kappa shape index (κ1) is 28.8. The van der Waals surface area contributed by atoms with E-state index >= 15 is 0 Å². The topological polar surface area (TPSA) is 128 Å². The Kier molecular flexibility index (Phi) is 8.90. The lowest BCUT2D eigenvalue weighted by Crippen LogP contribution is -2.27. The molecular weight excluding hydrogens is 602 g/mol. The highest BCUT2D eigenvalue weighted by Gasteiger charge is 2.35. The molecule has 0 radical (unpaired) electrons. The first-order valence-corrected chi connectivity index (χ1v) is 13.5. The Hall–Kier alpha value is -4.16. The molecule has 1 aliphatic heterocycles. The van der Waals surface area contributed by atoms with Gasteiger partial charge in [0.05, 0.1) is 29.2 Å². The Morgan fingerprint density at radius 2 is 1.77 bits per heavy atom. The normalized spacial score (nSPS) is 14.0. The number of nitrogens with zero attached hydrogens (tertiary/aromatic N) is 2. The summed E-state index contributed by atoms with van der Waals surface area (Å²) >= 11 is 4.26. The molecule has 0 aromatic heterocycles. The number of benzene rings is 3. The van der Waals surface area contributed by atoms with Crippen molar-refractivity contribution in [2.45, 2.75) is 20.4 Å². The second-order valence-electron chi connectivity index (χ2n) is 8.85. The molecule has 0 unspecified atom stereocenters. The summed E-state index contributed by atoms with van der Waals surface area (Å²) in [5.74, 6) is -0.141. The van der Waals surface area contributed by atoms with Gasteiger partial charge in [0.2, 0.25) is 0 Å². The number of nitro groups is 1. The van der Waals surface area contributed by atoms with Crippen LogP contribution in [-0.4, -0.2) is 40.6 Å². The number of imide groups is 1. The number of carbonyl (C=O) groups excluding carboxylic acids is 3. The van der Waals surface area contributed by atoms with Gasteiger partial charge in [0.15, 0.2) is 18.1 Å². The number of thioether (sulfide) groups is 1. The molecule has 1 aliphatic rings. The Labute approximate surface area is 242 Å². The molecule has 1 fully saturated rings. The molecular formula is C28H24BrN3O7S. The van der Waals surface area contributed by atoms with Gasteiger partial charge in [0.25, 0.3) is 22.7 Å². The van der Waals surface area contributed by atoms with Gasteiger partial charge in [-0.3, -0.25) is 29.4 Å². The van der Waals surface area contributed by atoms with Gasteiger partial charge < -0.3 is 14.8 Å². The van der Waals surface area contributed by atoms with Crippen LogP contribution in [0.25, 0.3) is 6.08 Å². The summed E-state index contributed by atoms with van der Waals surface area (Å²) in [6.45, 7) is 3.69. The van der Waals surface area contributed by atoms with Crippen molar-refractivity contribution >= 4 is 62.2 Å². The van der Waals surface area contributed by atoms with Crippen LogP contribution in [-0.2, 0) is 16.1 Å². The van der Waals surface area contributed by atoms with Gasteiger partial charge in [-0.1, -0.05) is 18.2 Å². The number of methoxy groups -OCH3 is 1. The molecule has 4 rings (SSSR count). The summed E-state index contributed by atoms with van der Waals surface area (Å²) < 4.78 is 11.9. The Morgan fingerprint density at radius 1 is 1.07 bits per heavy atom. The van der Waals surface area contributed by atoms with Crippen molar-refractivity contribution in [1.82, 2.24) is 4.90 Å². The van der Waals surface area contributed by atoms with E-state index in [2.05, 4.69) is 21.2 Å². The largest absolute Gasteiger partial charge is 0.493 e. The number of nitrogens with one attached hydrogen (secondary N) is 1. The lowest BCUT2D eigenvalue weighted by molar-refractivity contribution is -0.384. The Balaban J connectivity index is 1.41. The van der Waals surface area contributed by atoms with Gasteiger partial charge in [-0.2, -0.15) is 0 Å². The van der Waals surface area contributed by atoms with E-state index in [1.807, 2.05) is 26.0 Å². The monoisotopic (exact) mass is 625 g/mol. The molecule has 1 N–H and O–H groups in total. The van der Waals surface area contributed by atoms with Crippen LogP contribution in [0.2, 0.25) is 0 Å². The summed E-state index contributed by atoms with van der Waals surface area (Å²) in [4.78, 5) is 49.6. The number of nitro benzene ring substituents is 1. The van der Waals surface area contributed by atoms with Crippen LogP contribution in [0.5, 0.6) is 11.5 Å². The van der Waals surface area contributed by atoms with Crippen LogP contribution in [0.4, 0.5) is 16.2 Å². The van der Waals surface area contributed by atoms with E-state index in [4.69, 9.17) is 9.47 Å². The smallest absolute Gasteiger partial charge is 0.293 e. The SMILES string of the molecule is COc1cc(/C=C2\SC(=O)N(Cc3ccc([N+](=O)[O-])cc3)C2=O)ccc1OCC(=O)Nc1cc(C)c(C)cc1Br. The number of hydrogen-bond acceptors (Lipinski definition) is 8. The maximum atomic E-state index is 12.9. The molecule has 40 heavy (non-hydrogen) atoms. The number of halogens is 1. The maximum absolute atomic E-state index is 12.9. The second kappa shape index (κ2) is 12.3. The van der Waals surface area contributed by atoms with E-state index in [0.29, 0.717) is 28.3 Å². The van der Waals surface area contributed by atoms with Crippen LogP contribution >= 0.6 is 27.7 Å². The quantitative estimate of drug-likeness (QED) is 0.168. The Bertz CT molecular complexity index is 1540. The van der Waals surface area contributed by atoms with E-state index in [0.717, 1.165) is 32.3 Å². The van der Waals surface area contributed by atoms with Crippen LogP contribution in [0.3, 0.4) is 0 Å².